The molecule has 0 aromatic heterocycles. The average Bonchev–Trinajstić information content (AvgIpc) is 2.48. The summed E-state index contributed by atoms with van der Waals surface area (Å²) in [5.74, 6) is -0.0309. The van der Waals surface area contributed by atoms with Crippen molar-refractivity contribution < 1.29 is 14.3 Å². The Morgan fingerprint density at radius 2 is 1.67 bits per heavy atom. The van der Waals surface area contributed by atoms with Gasteiger partial charge in [-0.2, -0.15) is 0 Å². The van der Waals surface area contributed by atoms with Gasteiger partial charge in [-0.05, 0) is 44.7 Å². The van der Waals surface area contributed by atoms with Gasteiger partial charge in [0, 0.05) is 20.0 Å². The summed E-state index contributed by atoms with van der Waals surface area (Å²) < 4.78 is 5.22. The summed E-state index contributed by atoms with van der Waals surface area (Å²) in [6.45, 7) is 11.9. The minimum atomic E-state index is -0.533. The van der Waals surface area contributed by atoms with E-state index in [-0.39, 0.29) is 5.91 Å². The Bertz CT molecular complexity index is 554. The van der Waals surface area contributed by atoms with Crippen molar-refractivity contribution in [2.24, 2.45) is 0 Å². The van der Waals surface area contributed by atoms with Gasteiger partial charge in [0.05, 0.1) is 5.69 Å². The zero-order valence-corrected chi connectivity index (χ0v) is 15.7. The molecule has 0 radical (unpaired) electrons. The minimum Gasteiger partial charge on any atom is -0.444 e. The van der Waals surface area contributed by atoms with Gasteiger partial charge in [0.25, 0.3) is 0 Å². The third kappa shape index (κ3) is 5.87. The highest BCUT2D eigenvalue weighted by molar-refractivity contribution is 5.93. The molecule has 0 aliphatic carbocycles. The molecule has 0 saturated carbocycles. The first-order chi connectivity index (χ1) is 11.2. The summed E-state index contributed by atoms with van der Waals surface area (Å²) in [4.78, 5) is 25.7. The van der Waals surface area contributed by atoms with Crippen molar-refractivity contribution in [2.45, 2.75) is 60.0 Å². The van der Waals surface area contributed by atoms with Crippen LogP contribution >= 0.6 is 0 Å². The average molecular weight is 334 g/mol. The van der Waals surface area contributed by atoms with Crippen molar-refractivity contribution in [3.63, 3.8) is 0 Å². The van der Waals surface area contributed by atoms with Gasteiger partial charge in [-0.3, -0.25) is 4.79 Å². The number of hydrogen-bond acceptors (Lipinski definition) is 3. The Kier molecular flexibility index (Phi) is 7.26. The molecular weight excluding hydrogens is 304 g/mol. The van der Waals surface area contributed by atoms with E-state index in [2.05, 4.69) is 19.2 Å². The molecule has 0 fully saturated rings. The molecule has 1 N–H and O–H groups in total. The largest absolute Gasteiger partial charge is 0.444 e. The van der Waals surface area contributed by atoms with Crippen LogP contribution in [0, 0.1) is 0 Å². The number of benzene rings is 1. The summed E-state index contributed by atoms with van der Waals surface area (Å²) in [6, 6.07) is 6.12. The summed E-state index contributed by atoms with van der Waals surface area (Å²) in [6.07, 6.45) is 1.24. The van der Waals surface area contributed by atoms with Crippen LogP contribution < -0.4 is 10.2 Å². The Morgan fingerprint density at radius 3 is 2.08 bits per heavy atom. The number of ether oxygens (including phenoxy) is 1. The van der Waals surface area contributed by atoms with Gasteiger partial charge in [0.15, 0.2) is 0 Å². The maximum Gasteiger partial charge on any atom is 0.407 e. The molecule has 0 aliphatic rings. The maximum absolute atomic E-state index is 12.2. The van der Waals surface area contributed by atoms with E-state index in [4.69, 9.17) is 4.74 Å². The second kappa shape index (κ2) is 8.71. The molecular formula is C19H30N2O3. The van der Waals surface area contributed by atoms with Crippen molar-refractivity contribution in [3.8, 4) is 0 Å². The number of anilines is 1. The quantitative estimate of drug-likeness (QED) is 0.863. The number of hydrogen-bond donors (Lipinski definition) is 1. The van der Waals surface area contributed by atoms with Gasteiger partial charge >= 0.3 is 6.09 Å². The predicted octanol–water partition coefficient (Wildman–Crippen LogP) is 3.69. The van der Waals surface area contributed by atoms with E-state index in [1.165, 1.54) is 0 Å². The van der Waals surface area contributed by atoms with Crippen LogP contribution in [0.5, 0.6) is 0 Å². The first-order valence-corrected chi connectivity index (χ1v) is 8.55. The highest BCUT2D eigenvalue weighted by Crippen LogP contribution is 2.27. The molecule has 0 saturated heterocycles. The predicted molar refractivity (Wildman–Crippen MR) is 97.5 cm³/mol. The first kappa shape index (κ1) is 20.0. The molecule has 1 aromatic carbocycles. The monoisotopic (exact) mass is 334 g/mol. The molecule has 1 rings (SSSR count). The van der Waals surface area contributed by atoms with Crippen molar-refractivity contribution in [2.75, 3.05) is 18.0 Å². The maximum atomic E-state index is 12.2. The van der Waals surface area contributed by atoms with E-state index in [0.29, 0.717) is 13.1 Å². The zero-order valence-electron chi connectivity index (χ0n) is 15.7. The molecule has 5 heteroatoms. The number of nitrogens with one attached hydrogen (secondary N) is 1. The number of rotatable bonds is 6. The highest BCUT2D eigenvalue weighted by Gasteiger charge is 2.19. The first-order valence-electron chi connectivity index (χ1n) is 8.55. The van der Waals surface area contributed by atoms with Crippen LogP contribution in [0.3, 0.4) is 0 Å². The number of nitrogens with zero attached hydrogens (tertiary/aromatic N) is 1. The smallest absolute Gasteiger partial charge is 0.407 e. The van der Waals surface area contributed by atoms with E-state index < -0.39 is 11.7 Å². The molecule has 5 nitrogen and oxygen atoms in total. The normalized spacial score (nSPS) is 11.1. The molecule has 2 amide bonds. The number of para-hydroxylation sites is 1. The van der Waals surface area contributed by atoms with Gasteiger partial charge in [0.2, 0.25) is 5.91 Å². The molecule has 0 bridgehead atoms. The van der Waals surface area contributed by atoms with Gasteiger partial charge in [-0.25, -0.2) is 4.79 Å². The zero-order chi connectivity index (χ0) is 18.3. The summed E-state index contributed by atoms with van der Waals surface area (Å²) in [5.41, 5.74) is 2.72. The molecule has 24 heavy (non-hydrogen) atoms. The Hall–Kier alpha value is -2.04. The van der Waals surface area contributed by atoms with Crippen LogP contribution in [-0.2, 0) is 22.4 Å². The van der Waals surface area contributed by atoms with E-state index in [1.54, 1.807) is 11.8 Å². The summed E-state index contributed by atoms with van der Waals surface area (Å²) in [5, 5.41) is 2.71. The number of amides is 2. The molecule has 1 aromatic rings. The number of alkyl carbamates (subject to hydrolysis) is 1. The van der Waals surface area contributed by atoms with Crippen LogP contribution in [0.15, 0.2) is 18.2 Å². The standard InChI is InChI=1S/C19H30N2O3/c1-7-15-10-9-11-16(8-2)17(15)21(14(3)22)13-12-20-18(23)24-19(4,5)6/h9-11H,7-8,12-13H2,1-6H3,(H,20,23). The lowest BCUT2D eigenvalue weighted by Crippen LogP contribution is -2.40. The van der Waals surface area contributed by atoms with Gasteiger partial charge in [-0.15, -0.1) is 0 Å². The lowest BCUT2D eigenvalue weighted by atomic mass is 10.0. The van der Waals surface area contributed by atoms with Crippen LogP contribution in [0.25, 0.3) is 0 Å². The highest BCUT2D eigenvalue weighted by atomic mass is 16.6. The fraction of sp³-hybridized carbons (Fsp3) is 0.579. The van der Waals surface area contributed by atoms with Gasteiger partial charge < -0.3 is 15.0 Å². The Labute approximate surface area is 145 Å². The van der Waals surface area contributed by atoms with Crippen LogP contribution in [0.2, 0.25) is 0 Å². The van der Waals surface area contributed by atoms with E-state index in [0.717, 1.165) is 29.7 Å². The van der Waals surface area contributed by atoms with Crippen LogP contribution in [-0.4, -0.2) is 30.7 Å². The van der Waals surface area contributed by atoms with E-state index in [1.807, 2.05) is 39.0 Å². The SMILES string of the molecule is CCc1cccc(CC)c1N(CCNC(=O)OC(C)(C)C)C(C)=O. The number of aryl methyl sites for hydroxylation is 2. The lowest BCUT2D eigenvalue weighted by Gasteiger charge is -2.27. The second-order valence-electron chi connectivity index (χ2n) is 6.73. The fourth-order valence-electron chi connectivity index (χ4n) is 2.57. The van der Waals surface area contributed by atoms with Crippen molar-refractivity contribution >= 4 is 17.7 Å². The minimum absolute atomic E-state index is 0.0309. The number of carbonyl (C=O) groups is 2. The third-order valence-electron chi connectivity index (χ3n) is 3.62. The Balaban J connectivity index is 2.86. The Morgan fingerprint density at radius 1 is 1.12 bits per heavy atom. The van der Waals surface area contributed by atoms with Crippen molar-refractivity contribution in [3.05, 3.63) is 29.3 Å². The molecule has 0 atom stereocenters. The lowest BCUT2D eigenvalue weighted by molar-refractivity contribution is -0.116. The summed E-state index contributed by atoms with van der Waals surface area (Å²) in [7, 11) is 0. The van der Waals surface area contributed by atoms with E-state index >= 15 is 0 Å². The molecule has 134 valence electrons. The second-order valence-corrected chi connectivity index (χ2v) is 6.73. The molecule has 0 spiro atoms. The van der Waals surface area contributed by atoms with Crippen LogP contribution in [0.1, 0.15) is 52.7 Å². The van der Waals surface area contributed by atoms with Gasteiger partial charge in [-0.1, -0.05) is 32.0 Å². The van der Waals surface area contributed by atoms with Gasteiger partial charge in [0.1, 0.15) is 5.60 Å². The van der Waals surface area contributed by atoms with Crippen molar-refractivity contribution in [1.29, 1.82) is 0 Å². The molecule has 0 unspecified atom stereocenters. The molecule has 0 heterocycles. The van der Waals surface area contributed by atoms with Crippen LogP contribution in [0.4, 0.5) is 10.5 Å². The summed E-state index contributed by atoms with van der Waals surface area (Å²) >= 11 is 0. The fourth-order valence-corrected chi connectivity index (χ4v) is 2.57. The molecule has 0 aliphatic heterocycles. The van der Waals surface area contributed by atoms with Crippen molar-refractivity contribution in [1.82, 2.24) is 5.32 Å². The number of carbonyl (C=O) groups excluding carboxylic acids is 2. The third-order valence-corrected chi connectivity index (χ3v) is 3.62. The van der Waals surface area contributed by atoms with E-state index in [9.17, 15) is 9.59 Å². The topological polar surface area (TPSA) is 58.6 Å².